The van der Waals surface area contributed by atoms with Crippen LogP contribution < -0.4 is 0 Å². The Morgan fingerprint density at radius 1 is 0.750 bits per heavy atom. The lowest BCUT2D eigenvalue weighted by atomic mass is 10.2. The van der Waals surface area contributed by atoms with Gasteiger partial charge < -0.3 is 0 Å². The highest BCUT2D eigenvalue weighted by Gasteiger charge is 2.10. The summed E-state index contributed by atoms with van der Waals surface area (Å²) in [7, 11) is 0. The Balaban J connectivity index is 1.57. The number of aromatic nitrogens is 2. The van der Waals surface area contributed by atoms with Crippen LogP contribution in [0.5, 0.6) is 0 Å². The molecule has 120 valence electrons. The van der Waals surface area contributed by atoms with E-state index in [1.165, 1.54) is 30.3 Å². The van der Waals surface area contributed by atoms with Gasteiger partial charge in [0.2, 0.25) is 0 Å². The van der Waals surface area contributed by atoms with E-state index < -0.39 is 0 Å². The molecule has 0 atom stereocenters. The van der Waals surface area contributed by atoms with Crippen molar-refractivity contribution in [3.05, 3.63) is 78.9 Å². The summed E-state index contributed by atoms with van der Waals surface area (Å²) in [6.07, 6.45) is 9.30. The molecule has 0 N–H and O–H groups in total. The van der Waals surface area contributed by atoms with E-state index in [1.807, 2.05) is 47.5 Å². The maximum Gasteiger partial charge on any atom is 0.0456 e. The zero-order chi connectivity index (χ0) is 16.5. The average Bonchev–Trinajstić information content (AvgIpc) is 3.10. The molecule has 4 rings (SSSR count). The van der Waals surface area contributed by atoms with Crippen LogP contribution in [0.25, 0.3) is 9.40 Å². The third kappa shape index (κ3) is 3.47. The first-order valence-corrected chi connectivity index (χ1v) is 10.6. The molecule has 0 fully saturated rings. The molecule has 0 saturated heterocycles. The summed E-state index contributed by atoms with van der Waals surface area (Å²) in [5, 5.41) is 0. The highest BCUT2D eigenvalue weighted by Crippen LogP contribution is 2.36. The molecule has 0 bridgehead atoms. The zero-order valence-electron chi connectivity index (χ0n) is 12.5. The SMILES string of the molecule is Brc1cnccc1Cc1cc2sc(Cc3ccncc3Br)cc2s1. The van der Waals surface area contributed by atoms with Crippen LogP contribution >= 0.6 is 54.5 Å². The lowest BCUT2D eigenvalue weighted by molar-refractivity contribution is 1.17. The number of hydrogen-bond donors (Lipinski definition) is 0. The Morgan fingerprint density at radius 2 is 1.21 bits per heavy atom. The van der Waals surface area contributed by atoms with Crippen molar-refractivity contribution in [2.45, 2.75) is 12.8 Å². The molecule has 4 heterocycles. The van der Waals surface area contributed by atoms with Gasteiger partial charge in [-0.3, -0.25) is 9.97 Å². The Hall–Kier alpha value is -1.08. The molecule has 0 aromatic carbocycles. The standard InChI is InChI=1S/C18H12Br2N2S2/c19-15-9-21-3-1-11(15)5-13-7-17-18(23-13)8-14(24-17)6-12-2-4-22-10-16(12)20/h1-4,7-10H,5-6H2. The van der Waals surface area contributed by atoms with Gasteiger partial charge in [0.05, 0.1) is 0 Å². The summed E-state index contributed by atoms with van der Waals surface area (Å²) in [5.41, 5.74) is 2.56. The van der Waals surface area contributed by atoms with Crippen LogP contribution in [0, 0.1) is 0 Å². The second-order valence-corrected chi connectivity index (χ2v) is 9.49. The second-order valence-electron chi connectivity index (χ2n) is 5.44. The van der Waals surface area contributed by atoms with Crippen molar-refractivity contribution in [2.24, 2.45) is 0 Å². The van der Waals surface area contributed by atoms with Crippen molar-refractivity contribution in [1.82, 2.24) is 9.97 Å². The Kier molecular flexibility index (Phi) is 4.81. The van der Waals surface area contributed by atoms with Crippen molar-refractivity contribution in [2.75, 3.05) is 0 Å². The largest absolute Gasteiger partial charge is 0.264 e. The molecule has 0 saturated carbocycles. The van der Waals surface area contributed by atoms with Crippen LogP contribution in [0.4, 0.5) is 0 Å². The minimum atomic E-state index is 0.945. The molecule has 0 spiro atoms. The molecule has 2 nitrogen and oxygen atoms in total. The lowest BCUT2D eigenvalue weighted by Crippen LogP contribution is -1.87. The number of nitrogens with zero attached hydrogens (tertiary/aromatic N) is 2. The predicted octanol–water partition coefficient (Wildman–Crippen LogP) is 6.46. The molecule has 0 amide bonds. The van der Waals surface area contributed by atoms with E-state index in [2.05, 4.69) is 66.1 Å². The molecule has 6 heteroatoms. The van der Waals surface area contributed by atoms with Gasteiger partial charge in [-0.1, -0.05) is 0 Å². The van der Waals surface area contributed by atoms with E-state index >= 15 is 0 Å². The van der Waals surface area contributed by atoms with Gasteiger partial charge >= 0.3 is 0 Å². The van der Waals surface area contributed by atoms with Gasteiger partial charge in [0.1, 0.15) is 0 Å². The molecule has 0 aliphatic heterocycles. The summed E-state index contributed by atoms with van der Waals surface area (Å²) >= 11 is 10.9. The minimum absolute atomic E-state index is 0.945. The maximum absolute atomic E-state index is 4.13. The fourth-order valence-corrected chi connectivity index (χ4v) is 5.86. The van der Waals surface area contributed by atoms with E-state index in [1.54, 1.807) is 0 Å². The van der Waals surface area contributed by atoms with Crippen LogP contribution in [-0.2, 0) is 12.8 Å². The molecule has 0 aliphatic carbocycles. The number of hydrogen-bond acceptors (Lipinski definition) is 4. The van der Waals surface area contributed by atoms with Gasteiger partial charge in [-0.05, 0) is 67.3 Å². The summed E-state index contributed by atoms with van der Waals surface area (Å²) in [6, 6.07) is 8.79. The van der Waals surface area contributed by atoms with Crippen LogP contribution in [-0.4, -0.2) is 9.97 Å². The lowest BCUT2D eigenvalue weighted by Gasteiger charge is -2.01. The molecule has 24 heavy (non-hydrogen) atoms. The third-order valence-corrected chi connectivity index (χ3v) is 7.47. The summed E-state index contributed by atoms with van der Waals surface area (Å²) in [4.78, 5) is 11.0. The monoisotopic (exact) mass is 478 g/mol. The van der Waals surface area contributed by atoms with Crippen molar-refractivity contribution in [3.63, 3.8) is 0 Å². The average molecular weight is 480 g/mol. The molecule has 4 aromatic heterocycles. The topological polar surface area (TPSA) is 25.8 Å². The van der Waals surface area contributed by atoms with Gasteiger partial charge in [0.25, 0.3) is 0 Å². The molecule has 4 aromatic rings. The van der Waals surface area contributed by atoms with E-state index in [0.29, 0.717) is 0 Å². The number of thiophene rings is 2. The Labute approximate surface area is 164 Å². The molecule has 0 aliphatic rings. The Morgan fingerprint density at radius 3 is 1.62 bits per heavy atom. The van der Waals surface area contributed by atoms with Gasteiger partial charge in [-0.25, -0.2) is 0 Å². The first-order valence-electron chi connectivity index (χ1n) is 7.37. The molecular formula is C18H12Br2N2S2. The second kappa shape index (κ2) is 7.04. The van der Waals surface area contributed by atoms with Crippen LogP contribution in [0.1, 0.15) is 20.9 Å². The van der Waals surface area contributed by atoms with Gasteiger partial charge in [0, 0.05) is 65.7 Å². The molecule has 0 unspecified atom stereocenters. The maximum atomic E-state index is 4.13. The summed E-state index contributed by atoms with van der Waals surface area (Å²) in [5.74, 6) is 0. The van der Waals surface area contributed by atoms with Crippen LogP contribution in [0.2, 0.25) is 0 Å². The number of halogens is 2. The predicted molar refractivity (Wildman–Crippen MR) is 109 cm³/mol. The van der Waals surface area contributed by atoms with Gasteiger partial charge in [-0.15, -0.1) is 22.7 Å². The van der Waals surface area contributed by atoms with Crippen LogP contribution in [0.15, 0.2) is 58.0 Å². The van der Waals surface area contributed by atoms with Crippen molar-refractivity contribution >= 4 is 63.9 Å². The fourth-order valence-electron chi connectivity index (χ4n) is 2.58. The number of rotatable bonds is 4. The van der Waals surface area contributed by atoms with Crippen molar-refractivity contribution in [1.29, 1.82) is 0 Å². The highest BCUT2D eigenvalue weighted by molar-refractivity contribution is 9.10. The summed E-state index contributed by atoms with van der Waals surface area (Å²) < 4.78 is 4.90. The number of fused-ring (bicyclic) bond motifs is 1. The van der Waals surface area contributed by atoms with Gasteiger partial charge in [0.15, 0.2) is 0 Å². The third-order valence-electron chi connectivity index (χ3n) is 3.75. The van der Waals surface area contributed by atoms with E-state index in [-0.39, 0.29) is 0 Å². The van der Waals surface area contributed by atoms with Crippen molar-refractivity contribution in [3.8, 4) is 0 Å². The Bertz CT molecular complexity index is 899. The first-order chi connectivity index (χ1) is 11.7. The van der Waals surface area contributed by atoms with Crippen molar-refractivity contribution < 1.29 is 0 Å². The minimum Gasteiger partial charge on any atom is -0.264 e. The van der Waals surface area contributed by atoms with Crippen LogP contribution in [0.3, 0.4) is 0 Å². The van der Waals surface area contributed by atoms with Gasteiger partial charge in [-0.2, -0.15) is 0 Å². The van der Waals surface area contributed by atoms with E-state index in [4.69, 9.17) is 0 Å². The first kappa shape index (κ1) is 16.4. The molecular weight excluding hydrogens is 468 g/mol. The highest BCUT2D eigenvalue weighted by atomic mass is 79.9. The zero-order valence-corrected chi connectivity index (χ0v) is 17.3. The van der Waals surface area contributed by atoms with E-state index in [0.717, 1.165) is 21.8 Å². The normalized spacial score (nSPS) is 11.2. The smallest absolute Gasteiger partial charge is 0.0456 e. The molecule has 0 radical (unpaired) electrons. The quantitative estimate of drug-likeness (QED) is 0.335. The number of pyridine rings is 2. The summed E-state index contributed by atoms with van der Waals surface area (Å²) in [6.45, 7) is 0. The van der Waals surface area contributed by atoms with E-state index in [9.17, 15) is 0 Å². The fraction of sp³-hybridized carbons (Fsp3) is 0.111.